The highest BCUT2D eigenvalue weighted by molar-refractivity contribution is 5.92. The van der Waals surface area contributed by atoms with E-state index in [9.17, 15) is 27.6 Å². The molecule has 0 saturated heterocycles. The van der Waals surface area contributed by atoms with Crippen LogP contribution in [-0.4, -0.2) is 11.9 Å². The summed E-state index contributed by atoms with van der Waals surface area (Å²) in [4.78, 5) is 37.6. The van der Waals surface area contributed by atoms with Gasteiger partial charge in [0.1, 0.15) is 12.4 Å². The van der Waals surface area contributed by atoms with E-state index in [1.165, 1.54) is 6.07 Å². The lowest BCUT2D eigenvalue weighted by molar-refractivity contribution is -0.142. The van der Waals surface area contributed by atoms with Crippen molar-refractivity contribution < 1.29 is 31.9 Å². The molecule has 0 radical (unpaired) electrons. The maximum atomic E-state index is 15.0. The van der Waals surface area contributed by atoms with Crippen molar-refractivity contribution in [1.82, 2.24) is 0 Å². The van der Waals surface area contributed by atoms with Crippen LogP contribution in [0.15, 0.2) is 38.7 Å². The molecule has 0 spiro atoms. The number of nitrogen functional groups attached to an aromatic ring is 1. The Kier molecular flexibility index (Phi) is 6.26. The van der Waals surface area contributed by atoms with Crippen molar-refractivity contribution in [3.8, 4) is 11.3 Å². The van der Waals surface area contributed by atoms with Gasteiger partial charge in [0, 0.05) is 25.5 Å². The lowest BCUT2D eigenvalue weighted by Gasteiger charge is -2.13. The molecule has 0 aliphatic carbocycles. The number of fused-ring (bicyclic) bond motifs is 1. The Hall–Kier alpha value is -4.51. The monoisotopic (exact) mass is 461 g/mol. The van der Waals surface area contributed by atoms with Gasteiger partial charge in [-0.2, -0.15) is 4.91 Å². The molecule has 3 rings (SSSR count). The first-order chi connectivity index (χ1) is 15.6. The summed E-state index contributed by atoms with van der Waals surface area (Å²) >= 11 is 0. The summed E-state index contributed by atoms with van der Waals surface area (Å²) in [6, 6.07) is 4.00. The number of nitrogens with zero attached hydrogens (tertiary/aromatic N) is 4. The summed E-state index contributed by atoms with van der Waals surface area (Å²) in [5.74, 6) is -5.50. The van der Waals surface area contributed by atoms with Crippen LogP contribution < -0.4 is 16.2 Å². The number of azide groups is 1. The van der Waals surface area contributed by atoms with Crippen LogP contribution in [0.25, 0.3) is 32.7 Å². The number of halogens is 3. The molecule has 2 aromatic carbocycles. The zero-order chi connectivity index (χ0) is 24.4. The number of hydrogen-bond acceptors (Lipinski definition) is 7. The van der Waals surface area contributed by atoms with Crippen LogP contribution in [0.2, 0.25) is 0 Å². The molecule has 1 aromatic heterocycles. The molecule has 33 heavy (non-hydrogen) atoms. The van der Waals surface area contributed by atoms with Gasteiger partial charge >= 0.3 is 11.9 Å². The first-order valence-electron chi connectivity index (χ1n) is 9.09. The van der Waals surface area contributed by atoms with Gasteiger partial charge in [-0.05, 0) is 23.4 Å². The van der Waals surface area contributed by atoms with Gasteiger partial charge in [0.2, 0.25) is 0 Å². The van der Waals surface area contributed by atoms with E-state index < -0.39 is 63.6 Å². The third kappa shape index (κ3) is 4.29. The summed E-state index contributed by atoms with van der Waals surface area (Å²) in [5, 5.41) is 2.99. The van der Waals surface area contributed by atoms with E-state index in [-0.39, 0.29) is 17.0 Å². The smallest absolute Gasteiger partial charge is 0.314 e. The van der Waals surface area contributed by atoms with Gasteiger partial charge in [-0.3, -0.25) is 9.59 Å². The molecule has 170 valence electrons. The molecule has 0 atom stereocenters. The Morgan fingerprint density at radius 3 is 2.48 bits per heavy atom. The van der Waals surface area contributed by atoms with Crippen LogP contribution in [0.3, 0.4) is 0 Å². The molecule has 0 unspecified atom stereocenters. The molecule has 0 fully saturated rings. The van der Waals surface area contributed by atoms with Gasteiger partial charge in [-0.15, -0.1) is 10.5 Å². The average molecular weight is 461 g/mol. The molecule has 1 heterocycles. The lowest BCUT2D eigenvalue weighted by atomic mass is 10.1. The Morgan fingerprint density at radius 1 is 1.21 bits per heavy atom. The second kappa shape index (κ2) is 8.93. The minimum absolute atomic E-state index is 0.0523. The Labute approximate surface area is 182 Å². The molecule has 1 amide bonds. The number of ether oxygens (including phenoxy) is 1. The largest absolute Gasteiger partial charge is 0.461 e. The van der Waals surface area contributed by atoms with Crippen molar-refractivity contribution in [3.63, 3.8) is 0 Å². The standard InChI is InChI=1S/C20H14F3N5O5/c1-8(29)28(27-26-25)13-4-3-10(5-12(13)21)15-6-14(31)16-19(24)17(22)11(7-32-9(2)30)18(23)20(16)33-15/h3-6H,7,24H2,1-2H3. The molecule has 0 aliphatic rings. The minimum atomic E-state index is -1.32. The molecule has 13 heteroatoms. The summed E-state index contributed by atoms with van der Waals surface area (Å²) < 4.78 is 54.1. The fourth-order valence-corrected chi connectivity index (χ4v) is 3.00. The molecule has 0 aliphatic heterocycles. The highest BCUT2D eigenvalue weighted by Gasteiger charge is 2.25. The predicted octanol–water partition coefficient (Wildman–Crippen LogP) is 4.10. The second-order valence-corrected chi connectivity index (χ2v) is 6.66. The van der Waals surface area contributed by atoms with Gasteiger partial charge < -0.3 is 14.9 Å². The van der Waals surface area contributed by atoms with Crippen LogP contribution in [0, 0.1) is 17.5 Å². The van der Waals surface area contributed by atoms with Gasteiger partial charge in [0.15, 0.2) is 34.2 Å². The van der Waals surface area contributed by atoms with E-state index in [0.717, 1.165) is 32.0 Å². The molecule has 2 N–H and O–H groups in total. The quantitative estimate of drug-likeness (QED) is 0.151. The normalized spacial score (nSPS) is 10.6. The molecular formula is C20H14F3N5O5. The third-order valence-corrected chi connectivity index (χ3v) is 4.49. The zero-order valence-electron chi connectivity index (χ0n) is 17.1. The summed E-state index contributed by atoms with van der Waals surface area (Å²) in [7, 11) is 0. The van der Waals surface area contributed by atoms with Crippen LogP contribution in [0.4, 0.5) is 24.5 Å². The summed E-state index contributed by atoms with van der Waals surface area (Å²) in [6.07, 6.45) is 0. The van der Waals surface area contributed by atoms with E-state index in [1.807, 2.05) is 0 Å². The minimum Gasteiger partial charge on any atom is -0.461 e. The summed E-state index contributed by atoms with van der Waals surface area (Å²) in [5.41, 5.74) is 10.7. The zero-order valence-corrected chi connectivity index (χ0v) is 17.1. The lowest BCUT2D eigenvalue weighted by Crippen LogP contribution is -2.22. The highest BCUT2D eigenvalue weighted by Crippen LogP contribution is 2.33. The second-order valence-electron chi connectivity index (χ2n) is 6.66. The number of carbonyl (C=O) groups excluding carboxylic acids is 2. The number of carbonyl (C=O) groups is 2. The van der Waals surface area contributed by atoms with Crippen molar-refractivity contribution in [1.29, 1.82) is 0 Å². The maximum absolute atomic E-state index is 15.0. The van der Waals surface area contributed by atoms with E-state index in [4.69, 9.17) is 15.7 Å². The Balaban J connectivity index is 2.20. The van der Waals surface area contributed by atoms with Gasteiger partial charge in [0.05, 0.1) is 16.6 Å². The van der Waals surface area contributed by atoms with Crippen LogP contribution in [0.5, 0.6) is 0 Å². The van der Waals surface area contributed by atoms with Crippen molar-refractivity contribution in [3.05, 3.63) is 67.9 Å². The number of amides is 1. The van der Waals surface area contributed by atoms with Gasteiger partial charge in [-0.25, -0.2) is 18.0 Å². The predicted molar refractivity (Wildman–Crippen MR) is 110 cm³/mol. The number of nitrogens with two attached hydrogens (primary N) is 1. The van der Waals surface area contributed by atoms with Crippen molar-refractivity contribution in [2.75, 3.05) is 10.7 Å². The van der Waals surface area contributed by atoms with Crippen LogP contribution in [0.1, 0.15) is 19.4 Å². The number of esters is 1. The van der Waals surface area contributed by atoms with E-state index in [0.29, 0.717) is 5.01 Å². The van der Waals surface area contributed by atoms with E-state index >= 15 is 0 Å². The molecule has 0 saturated carbocycles. The number of benzene rings is 2. The van der Waals surface area contributed by atoms with Crippen molar-refractivity contribution in [2.24, 2.45) is 5.22 Å². The third-order valence-electron chi connectivity index (χ3n) is 4.49. The van der Waals surface area contributed by atoms with E-state index in [1.54, 1.807) is 0 Å². The van der Waals surface area contributed by atoms with E-state index in [2.05, 4.69) is 14.9 Å². The average Bonchev–Trinajstić information content (AvgIpc) is 2.75. The number of rotatable bonds is 5. The fourth-order valence-electron chi connectivity index (χ4n) is 3.00. The Bertz CT molecular complexity index is 1410. The molecule has 3 aromatic rings. The Morgan fingerprint density at radius 2 is 1.91 bits per heavy atom. The van der Waals surface area contributed by atoms with Crippen molar-refractivity contribution in [2.45, 2.75) is 20.5 Å². The number of anilines is 2. The van der Waals surface area contributed by atoms with Crippen LogP contribution in [-0.2, 0) is 20.9 Å². The topological polar surface area (TPSA) is 152 Å². The summed E-state index contributed by atoms with van der Waals surface area (Å²) in [6.45, 7) is 1.28. The maximum Gasteiger partial charge on any atom is 0.314 e. The first kappa shape index (κ1) is 23.2. The van der Waals surface area contributed by atoms with Gasteiger partial charge in [0.25, 0.3) is 0 Å². The highest BCUT2D eigenvalue weighted by atomic mass is 19.1. The van der Waals surface area contributed by atoms with Crippen LogP contribution >= 0.6 is 0 Å². The molecule has 0 bridgehead atoms. The molecular weight excluding hydrogens is 447 g/mol. The number of hydrogen-bond donors (Lipinski definition) is 1. The first-order valence-corrected chi connectivity index (χ1v) is 9.09. The molecule has 10 nitrogen and oxygen atoms in total. The van der Waals surface area contributed by atoms with Crippen molar-refractivity contribution >= 4 is 34.2 Å². The van der Waals surface area contributed by atoms with Gasteiger partial charge in [-0.1, -0.05) is 0 Å². The fraction of sp³-hybridized carbons (Fsp3) is 0.150. The SMILES string of the molecule is CC(=O)OCc1c(F)c(N)c2c(=O)cc(-c3ccc(N(N=[N+]=[N-])C(C)=O)c(F)c3)oc2c1F.